The standard InChI is InChI=1S/C15H23NO2S2/c1-11(2)16(5)15(17)18-10-13-8-6-7-9-14(13)20-19-12(3)4/h6-9,11-12H,10H2,1-5H3. The molecule has 1 rings (SSSR count). The Bertz CT molecular complexity index is 436. The van der Waals surface area contributed by atoms with Gasteiger partial charge in [0, 0.05) is 28.8 Å². The highest BCUT2D eigenvalue weighted by molar-refractivity contribution is 8.76. The average Bonchev–Trinajstić information content (AvgIpc) is 2.42. The Morgan fingerprint density at radius 1 is 1.25 bits per heavy atom. The second-order valence-corrected chi connectivity index (χ2v) is 7.91. The van der Waals surface area contributed by atoms with E-state index in [0.29, 0.717) is 11.9 Å². The predicted octanol–water partition coefficient (Wildman–Crippen LogP) is 4.81. The molecule has 0 saturated carbocycles. The van der Waals surface area contributed by atoms with Crippen molar-refractivity contribution in [3.63, 3.8) is 0 Å². The molecule has 0 radical (unpaired) electrons. The summed E-state index contributed by atoms with van der Waals surface area (Å²) in [4.78, 5) is 14.6. The Hall–Kier alpha value is -0.810. The Balaban J connectivity index is 2.61. The molecule has 0 unspecified atom stereocenters. The van der Waals surface area contributed by atoms with Crippen LogP contribution in [-0.4, -0.2) is 29.3 Å². The maximum absolute atomic E-state index is 11.8. The molecule has 0 aromatic heterocycles. The molecule has 0 aliphatic carbocycles. The van der Waals surface area contributed by atoms with Gasteiger partial charge in [0.1, 0.15) is 6.61 Å². The SMILES string of the molecule is CC(C)SSc1ccccc1COC(=O)N(C)C(C)C. The van der Waals surface area contributed by atoms with E-state index in [2.05, 4.69) is 19.9 Å². The van der Waals surface area contributed by atoms with E-state index in [4.69, 9.17) is 4.74 Å². The first kappa shape index (κ1) is 17.2. The van der Waals surface area contributed by atoms with E-state index in [1.807, 2.05) is 42.8 Å². The number of benzene rings is 1. The zero-order valence-corrected chi connectivity index (χ0v) is 14.4. The van der Waals surface area contributed by atoms with Crippen LogP contribution >= 0.6 is 21.6 Å². The van der Waals surface area contributed by atoms with E-state index in [-0.39, 0.29) is 12.1 Å². The molecule has 0 saturated heterocycles. The quantitative estimate of drug-likeness (QED) is 0.705. The van der Waals surface area contributed by atoms with Gasteiger partial charge >= 0.3 is 6.09 Å². The summed E-state index contributed by atoms with van der Waals surface area (Å²) in [5.41, 5.74) is 1.05. The van der Waals surface area contributed by atoms with Crippen molar-refractivity contribution < 1.29 is 9.53 Å². The molecule has 1 aromatic carbocycles. The Kier molecular flexibility index (Phi) is 7.30. The maximum Gasteiger partial charge on any atom is 0.410 e. The monoisotopic (exact) mass is 313 g/mol. The summed E-state index contributed by atoms with van der Waals surface area (Å²) in [6.07, 6.45) is -0.281. The number of hydrogen-bond acceptors (Lipinski definition) is 4. The van der Waals surface area contributed by atoms with Crippen LogP contribution in [0, 0.1) is 0 Å². The molecular formula is C15H23NO2S2. The van der Waals surface area contributed by atoms with Gasteiger partial charge in [-0.25, -0.2) is 4.79 Å². The van der Waals surface area contributed by atoms with E-state index < -0.39 is 0 Å². The van der Waals surface area contributed by atoms with Gasteiger partial charge in [-0.2, -0.15) is 0 Å². The van der Waals surface area contributed by atoms with Crippen molar-refractivity contribution in [1.29, 1.82) is 0 Å². The third-order valence-electron chi connectivity index (χ3n) is 2.72. The number of amides is 1. The lowest BCUT2D eigenvalue weighted by atomic mass is 10.2. The highest BCUT2D eigenvalue weighted by Gasteiger charge is 2.14. The van der Waals surface area contributed by atoms with Crippen LogP contribution in [0.3, 0.4) is 0 Å². The number of carbonyl (C=O) groups excluding carboxylic acids is 1. The Morgan fingerprint density at radius 2 is 1.90 bits per heavy atom. The first-order chi connectivity index (χ1) is 9.41. The lowest BCUT2D eigenvalue weighted by molar-refractivity contribution is 0.0953. The van der Waals surface area contributed by atoms with Gasteiger partial charge < -0.3 is 9.64 Å². The van der Waals surface area contributed by atoms with Gasteiger partial charge in [-0.05, 0) is 19.9 Å². The van der Waals surface area contributed by atoms with Gasteiger partial charge in [-0.15, -0.1) is 0 Å². The fourth-order valence-corrected chi connectivity index (χ4v) is 3.34. The number of nitrogens with zero attached hydrogens (tertiary/aromatic N) is 1. The molecule has 0 fully saturated rings. The third-order valence-corrected chi connectivity index (χ3v) is 5.76. The maximum atomic E-state index is 11.8. The average molecular weight is 313 g/mol. The largest absolute Gasteiger partial charge is 0.444 e. The second kappa shape index (κ2) is 8.47. The van der Waals surface area contributed by atoms with E-state index in [9.17, 15) is 4.79 Å². The summed E-state index contributed by atoms with van der Waals surface area (Å²) in [5.74, 6) is 0. The summed E-state index contributed by atoms with van der Waals surface area (Å²) in [6.45, 7) is 8.57. The van der Waals surface area contributed by atoms with E-state index in [1.165, 1.54) is 0 Å². The van der Waals surface area contributed by atoms with Crippen LogP contribution in [-0.2, 0) is 11.3 Å². The van der Waals surface area contributed by atoms with Crippen molar-refractivity contribution in [1.82, 2.24) is 4.90 Å². The first-order valence-electron chi connectivity index (χ1n) is 6.72. The van der Waals surface area contributed by atoms with Crippen molar-refractivity contribution in [3.8, 4) is 0 Å². The molecule has 112 valence electrons. The summed E-state index contributed by atoms with van der Waals surface area (Å²) in [5, 5.41) is 0.558. The molecule has 0 bridgehead atoms. The number of carbonyl (C=O) groups is 1. The first-order valence-corrected chi connectivity index (χ1v) is 8.94. The van der Waals surface area contributed by atoms with Crippen LogP contribution in [0.25, 0.3) is 0 Å². The molecule has 1 amide bonds. The summed E-state index contributed by atoms with van der Waals surface area (Å²) < 4.78 is 5.36. The minimum absolute atomic E-state index is 0.142. The lowest BCUT2D eigenvalue weighted by Gasteiger charge is -2.21. The van der Waals surface area contributed by atoms with Gasteiger partial charge in [-0.3, -0.25) is 0 Å². The van der Waals surface area contributed by atoms with E-state index in [0.717, 1.165) is 10.5 Å². The molecular weight excluding hydrogens is 290 g/mol. The van der Waals surface area contributed by atoms with Crippen molar-refractivity contribution in [3.05, 3.63) is 29.8 Å². The molecule has 0 heterocycles. The molecule has 0 spiro atoms. The Morgan fingerprint density at radius 3 is 2.50 bits per heavy atom. The highest BCUT2D eigenvalue weighted by atomic mass is 33.1. The zero-order valence-electron chi connectivity index (χ0n) is 12.8. The second-order valence-electron chi connectivity index (χ2n) is 5.10. The molecule has 0 atom stereocenters. The van der Waals surface area contributed by atoms with Crippen molar-refractivity contribution in [2.45, 2.75) is 50.5 Å². The molecule has 3 nitrogen and oxygen atoms in total. The Labute approximate surface area is 129 Å². The third kappa shape index (κ3) is 5.67. The van der Waals surface area contributed by atoms with Crippen LogP contribution in [0.15, 0.2) is 29.2 Å². The van der Waals surface area contributed by atoms with Crippen LogP contribution in [0.4, 0.5) is 4.79 Å². The molecule has 0 aliphatic heterocycles. The summed E-state index contributed by atoms with van der Waals surface area (Å²) >= 11 is 0. The van der Waals surface area contributed by atoms with Crippen LogP contribution in [0.1, 0.15) is 33.3 Å². The van der Waals surface area contributed by atoms with Gasteiger partial charge in [0.15, 0.2) is 0 Å². The van der Waals surface area contributed by atoms with Crippen LogP contribution in [0.2, 0.25) is 0 Å². The summed E-state index contributed by atoms with van der Waals surface area (Å²) in [6, 6.07) is 8.19. The van der Waals surface area contributed by atoms with E-state index >= 15 is 0 Å². The van der Waals surface area contributed by atoms with Crippen molar-refractivity contribution >= 4 is 27.7 Å². The molecule has 0 aliphatic rings. The fraction of sp³-hybridized carbons (Fsp3) is 0.533. The van der Waals surface area contributed by atoms with Crippen molar-refractivity contribution in [2.75, 3.05) is 7.05 Å². The van der Waals surface area contributed by atoms with Crippen LogP contribution in [0.5, 0.6) is 0 Å². The number of hydrogen-bond donors (Lipinski definition) is 0. The highest BCUT2D eigenvalue weighted by Crippen LogP contribution is 2.36. The molecule has 1 aromatic rings. The molecule has 0 N–H and O–H groups in total. The minimum Gasteiger partial charge on any atom is -0.444 e. The summed E-state index contributed by atoms with van der Waals surface area (Å²) in [7, 11) is 5.30. The zero-order chi connectivity index (χ0) is 15.1. The number of ether oxygens (including phenoxy) is 1. The minimum atomic E-state index is -0.281. The van der Waals surface area contributed by atoms with E-state index in [1.54, 1.807) is 22.7 Å². The topological polar surface area (TPSA) is 29.5 Å². The van der Waals surface area contributed by atoms with Crippen molar-refractivity contribution in [2.24, 2.45) is 0 Å². The fourth-order valence-electron chi connectivity index (χ4n) is 1.30. The van der Waals surface area contributed by atoms with Gasteiger partial charge in [0.05, 0.1) is 0 Å². The predicted molar refractivity (Wildman–Crippen MR) is 88.1 cm³/mol. The molecule has 5 heteroatoms. The van der Waals surface area contributed by atoms with Crippen LogP contribution < -0.4 is 0 Å². The molecule has 20 heavy (non-hydrogen) atoms. The van der Waals surface area contributed by atoms with Gasteiger partial charge in [-0.1, -0.05) is 53.6 Å². The van der Waals surface area contributed by atoms with Gasteiger partial charge in [0.2, 0.25) is 0 Å². The lowest BCUT2D eigenvalue weighted by Crippen LogP contribution is -2.33. The normalized spacial score (nSPS) is 10.9. The smallest absolute Gasteiger partial charge is 0.410 e. The van der Waals surface area contributed by atoms with Gasteiger partial charge in [0.25, 0.3) is 0 Å². The number of rotatable bonds is 6.